The van der Waals surface area contributed by atoms with E-state index in [9.17, 15) is 0 Å². The molecule has 2 aliphatic rings. The van der Waals surface area contributed by atoms with E-state index in [4.69, 9.17) is 9.47 Å². The fourth-order valence-electron chi connectivity index (χ4n) is 2.98. The maximum absolute atomic E-state index is 5.80. The van der Waals surface area contributed by atoms with Crippen LogP contribution in [-0.2, 0) is 9.47 Å². The van der Waals surface area contributed by atoms with Crippen molar-refractivity contribution in [3.63, 3.8) is 0 Å². The maximum atomic E-state index is 5.80. The number of halogens is 1. The molecule has 3 nitrogen and oxygen atoms in total. The Morgan fingerprint density at radius 1 is 1.35 bits per heavy atom. The van der Waals surface area contributed by atoms with Gasteiger partial charge in [0.25, 0.3) is 0 Å². The summed E-state index contributed by atoms with van der Waals surface area (Å²) in [7, 11) is 0. The lowest BCUT2D eigenvalue weighted by molar-refractivity contribution is -0.138. The van der Waals surface area contributed by atoms with Crippen LogP contribution in [-0.4, -0.2) is 31.1 Å². The Kier molecular flexibility index (Phi) is 4.18. The molecule has 1 saturated carbocycles. The van der Waals surface area contributed by atoms with Gasteiger partial charge in [-0.3, -0.25) is 0 Å². The van der Waals surface area contributed by atoms with Gasteiger partial charge in [-0.05, 0) is 50.3 Å². The Balaban J connectivity index is 1.41. The first-order chi connectivity index (χ1) is 9.52. The van der Waals surface area contributed by atoms with Gasteiger partial charge < -0.3 is 14.8 Å². The molecule has 1 atom stereocenters. The third-order valence-corrected chi connectivity index (χ3v) is 4.65. The van der Waals surface area contributed by atoms with Gasteiger partial charge in [-0.2, -0.15) is 0 Å². The predicted molar refractivity (Wildman–Crippen MR) is 82.8 cm³/mol. The van der Waals surface area contributed by atoms with E-state index in [1.165, 1.54) is 22.9 Å². The lowest BCUT2D eigenvalue weighted by atomic mass is 9.76. The molecule has 1 heterocycles. The molecule has 1 aromatic carbocycles. The van der Waals surface area contributed by atoms with E-state index in [0.717, 1.165) is 6.54 Å². The van der Waals surface area contributed by atoms with Gasteiger partial charge >= 0.3 is 0 Å². The minimum absolute atomic E-state index is 0.190. The highest BCUT2D eigenvalue weighted by Crippen LogP contribution is 2.37. The summed E-state index contributed by atoms with van der Waals surface area (Å²) in [6, 6.07) is 9.27. The standard InChI is InChI=1S/C16H22BrNO2/c1-16(2)19-10-15(20-16)9-18-14-7-12(8-14)11-4-3-5-13(17)6-11/h3-6,12,14-15,18H,7-10H2,1-2H3. The zero-order chi connectivity index (χ0) is 14.2. The largest absolute Gasteiger partial charge is 0.348 e. The van der Waals surface area contributed by atoms with Crippen LogP contribution in [0.25, 0.3) is 0 Å². The minimum Gasteiger partial charge on any atom is -0.348 e. The number of rotatable bonds is 4. The molecule has 1 unspecified atom stereocenters. The summed E-state index contributed by atoms with van der Waals surface area (Å²) in [4.78, 5) is 0. The molecule has 20 heavy (non-hydrogen) atoms. The molecule has 110 valence electrons. The zero-order valence-electron chi connectivity index (χ0n) is 12.1. The monoisotopic (exact) mass is 339 g/mol. The van der Waals surface area contributed by atoms with Crippen molar-refractivity contribution in [2.75, 3.05) is 13.2 Å². The van der Waals surface area contributed by atoms with Crippen molar-refractivity contribution in [2.24, 2.45) is 0 Å². The molecular formula is C16H22BrNO2. The van der Waals surface area contributed by atoms with Crippen LogP contribution in [0, 0.1) is 0 Å². The first-order valence-corrected chi connectivity index (χ1v) is 8.12. The van der Waals surface area contributed by atoms with Crippen molar-refractivity contribution in [2.45, 2.75) is 50.5 Å². The summed E-state index contributed by atoms with van der Waals surface area (Å²) < 4.78 is 12.5. The maximum Gasteiger partial charge on any atom is 0.163 e. The second-order valence-corrected chi connectivity index (χ2v) is 7.19. The molecule has 1 saturated heterocycles. The Bertz CT molecular complexity index is 471. The van der Waals surface area contributed by atoms with E-state index in [-0.39, 0.29) is 6.10 Å². The highest BCUT2D eigenvalue weighted by molar-refractivity contribution is 9.10. The van der Waals surface area contributed by atoms with Crippen LogP contribution in [0.3, 0.4) is 0 Å². The summed E-state index contributed by atoms with van der Waals surface area (Å²) in [5, 5.41) is 3.60. The number of hydrogen-bond acceptors (Lipinski definition) is 3. The fourth-order valence-corrected chi connectivity index (χ4v) is 3.40. The molecule has 1 aliphatic carbocycles. The Morgan fingerprint density at radius 2 is 2.15 bits per heavy atom. The quantitative estimate of drug-likeness (QED) is 0.911. The van der Waals surface area contributed by atoms with Crippen LogP contribution >= 0.6 is 15.9 Å². The van der Waals surface area contributed by atoms with Crippen LogP contribution in [0.5, 0.6) is 0 Å². The topological polar surface area (TPSA) is 30.5 Å². The number of benzene rings is 1. The molecule has 0 spiro atoms. The summed E-state index contributed by atoms with van der Waals surface area (Å²) in [5.41, 5.74) is 1.44. The highest BCUT2D eigenvalue weighted by atomic mass is 79.9. The van der Waals surface area contributed by atoms with Crippen LogP contribution in [0.4, 0.5) is 0 Å². The van der Waals surface area contributed by atoms with E-state index in [1.54, 1.807) is 0 Å². The molecule has 1 N–H and O–H groups in total. The summed E-state index contributed by atoms with van der Waals surface area (Å²) in [6.07, 6.45) is 2.62. The minimum atomic E-state index is -0.412. The van der Waals surface area contributed by atoms with Gasteiger partial charge in [0.15, 0.2) is 5.79 Å². The highest BCUT2D eigenvalue weighted by Gasteiger charge is 2.35. The molecule has 4 heteroatoms. The van der Waals surface area contributed by atoms with Gasteiger partial charge in [0.1, 0.15) is 0 Å². The summed E-state index contributed by atoms with van der Waals surface area (Å²) in [5.74, 6) is 0.285. The lowest BCUT2D eigenvalue weighted by Gasteiger charge is -2.37. The van der Waals surface area contributed by atoms with Crippen LogP contribution < -0.4 is 5.32 Å². The van der Waals surface area contributed by atoms with Crippen molar-refractivity contribution < 1.29 is 9.47 Å². The summed E-state index contributed by atoms with van der Waals surface area (Å²) >= 11 is 3.54. The van der Waals surface area contributed by atoms with E-state index in [0.29, 0.717) is 18.6 Å². The van der Waals surface area contributed by atoms with Gasteiger partial charge in [0.2, 0.25) is 0 Å². The molecular weight excluding hydrogens is 318 g/mol. The van der Waals surface area contributed by atoms with E-state index >= 15 is 0 Å². The van der Waals surface area contributed by atoms with E-state index < -0.39 is 5.79 Å². The van der Waals surface area contributed by atoms with E-state index in [1.807, 2.05) is 13.8 Å². The Hall–Kier alpha value is -0.420. The molecule has 0 aromatic heterocycles. The molecule has 1 aromatic rings. The normalized spacial score (nSPS) is 32.0. The predicted octanol–water partition coefficient (Wildman–Crippen LogP) is 3.44. The average molecular weight is 340 g/mol. The number of nitrogens with one attached hydrogen (secondary N) is 1. The van der Waals surface area contributed by atoms with Gasteiger partial charge in [-0.25, -0.2) is 0 Å². The first kappa shape index (κ1) is 14.5. The van der Waals surface area contributed by atoms with Gasteiger partial charge in [-0.15, -0.1) is 0 Å². The number of hydrogen-bond donors (Lipinski definition) is 1. The van der Waals surface area contributed by atoms with Crippen molar-refractivity contribution >= 4 is 15.9 Å². The average Bonchev–Trinajstić information content (AvgIpc) is 2.67. The Labute approximate surface area is 129 Å². The van der Waals surface area contributed by atoms with Gasteiger partial charge in [-0.1, -0.05) is 28.1 Å². The van der Waals surface area contributed by atoms with Gasteiger partial charge in [0, 0.05) is 17.1 Å². The molecule has 0 bridgehead atoms. The van der Waals surface area contributed by atoms with Crippen molar-refractivity contribution in [3.05, 3.63) is 34.3 Å². The Morgan fingerprint density at radius 3 is 2.80 bits per heavy atom. The lowest BCUT2D eigenvalue weighted by Crippen LogP contribution is -2.44. The number of ether oxygens (including phenoxy) is 2. The van der Waals surface area contributed by atoms with Crippen LogP contribution in [0.2, 0.25) is 0 Å². The fraction of sp³-hybridized carbons (Fsp3) is 0.625. The van der Waals surface area contributed by atoms with Crippen LogP contribution in [0.1, 0.15) is 38.2 Å². The van der Waals surface area contributed by atoms with Crippen molar-refractivity contribution in [1.29, 1.82) is 0 Å². The smallest absolute Gasteiger partial charge is 0.163 e. The third-order valence-electron chi connectivity index (χ3n) is 4.16. The van der Waals surface area contributed by atoms with E-state index in [2.05, 4.69) is 45.5 Å². The van der Waals surface area contributed by atoms with Crippen molar-refractivity contribution in [3.8, 4) is 0 Å². The molecule has 3 rings (SSSR count). The molecule has 1 aliphatic heterocycles. The van der Waals surface area contributed by atoms with Gasteiger partial charge in [0.05, 0.1) is 12.7 Å². The van der Waals surface area contributed by atoms with Crippen molar-refractivity contribution in [1.82, 2.24) is 5.32 Å². The van der Waals surface area contributed by atoms with Crippen LogP contribution in [0.15, 0.2) is 28.7 Å². The molecule has 0 amide bonds. The third kappa shape index (κ3) is 3.42. The summed E-state index contributed by atoms with van der Waals surface area (Å²) in [6.45, 7) is 5.53. The SMILES string of the molecule is CC1(C)OCC(CNC2CC(c3cccc(Br)c3)C2)O1. The first-order valence-electron chi connectivity index (χ1n) is 7.32. The molecule has 0 radical (unpaired) electrons. The molecule has 2 fully saturated rings. The second kappa shape index (κ2) is 5.76. The zero-order valence-corrected chi connectivity index (χ0v) is 13.7. The second-order valence-electron chi connectivity index (χ2n) is 6.28.